The molecule has 1 aliphatic rings. The molecule has 0 aromatic heterocycles. The summed E-state index contributed by atoms with van der Waals surface area (Å²) in [5, 5.41) is 0. The molecule has 4 heteroatoms. The summed E-state index contributed by atoms with van der Waals surface area (Å²) >= 11 is 1.99. The van der Waals surface area contributed by atoms with Crippen molar-refractivity contribution < 1.29 is 9.47 Å². The highest BCUT2D eigenvalue weighted by Gasteiger charge is 2.24. The molecule has 1 heterocycles. The first-order chi connectivity index (χ1) is 9.26. The molecule has 19 heavy (non-hydrogen) atoms. The van der Waals surface area contributed by atoms with Gasteiger partial charge in [0.1, 0.15) is 0 Å². The zero-order valence-electron chi connectivity index (χ0n) is 11.7. The molecule has 2 N–H and O–H groups in total. The molecule has 0 amide bonds. The van der Waals surface area contributed by atoms with E-state index < -0.39 is 0 Å². The topological polar surface area (TPSA) is 44.5 Å². The van der Waals surface area contributed by atoms with Crippen LogP contribution in [0.25, 0.3) is 0 Å². The minimum absolute atomic E-state index is 0.102. The molecule has 106 valence electrons. The normalized spacial score (nSPS) is 20.3. The maximum Gasteiger partial charge on any atom is 0.161 e. The van der Waals surface area contributed by atoms with E-state index in [1.54, 1.807) is 0 Å². The van der Waals surface area contributed by atoms with Crippen LogP contribution in [0.5, 0.6) is 11.5 Å². The lowest BCUT2D eigenvalue weighted by Crippen LogP contribution is -2.21. The summed E-state index contributed by atoms with van der Waals surface area (Å²) < 4.78 is 11.2. The van der Waals surface area contributed by atoms with Crippen molar-refractivity contribution in [1.29, 1.82) is 0 Å². The Bertz CT molecular complexity index is 405. The zero-order valence-corrected chi connectivity index (χ0v) is 12.5. The van der Waals surface area contributed by atoms with Gasteiger partial charge >= 0.3 is 0 Å². The summed E-state index contributed by atoms with van der Waals surface area (Å²) in [6.45, 7) is 5.24. The van der Waals surface area contributed by atoms with Crippen LogP contribution in [0.3, 0.4) is 0 Å². The number of hydrogen-bond donors (Lipinski definition) is 1. The van der Waals surface area contributed by atoms with Gasteiger partial charge < -0.3 is 15.2 Å². The van der Waals surface area contributed by atoms with Crippen LogP contribution >= 0.6 is 11.8 Å². The molecule has 1 aromatic carbocycles. The highest BCUT2D eigenvalue weighted by atomic mass is 32.2. The van der Waals surface area contributed by atoms with Gasteiger partial charge in [0.2, 0.25) is 0 Å². The van der Waals surface area contributed by atoms with Crippen LogP contribution in [0.1, 0.15) is 31.9 Å². The lowest BCUT2D eigenvalue weighted by molar-refractivity contribution is 0.287. The molecule has 2 unspecified atom stereocenters. The average molecular weight is 281 g/mol. The van der Waals surface area contributed by atoms with E-state index >= 15 is 0 Å². The molecule has 1 saturated heterocycles. The van der Waals surface area contributed by atoms with Gasteiger partial charge in [-0.2, -0.15) is 11.8 Å². The molecular formula is C15H23NO2S. The Morgan fingerprint density at radius 3 is 2.63 bits per heavy atom. The number of rotatable bonds is 6. The van der Waals surface area contributed by atoms with Gasteiger partial charge in [-0.1, -0.05) is 6.07 Å². The van der Waals surface area contributed by atoms with Crippen molar-refractivity contribution in [3.05, 3.63) is 23.8 Å². The fraction of sp³-hybridized carbons (Fsp3) is 0.600. The smallest absolute Gasteiger partial charge is 0.161 e. The summed E-state index contributed by atoms with van der Waals surface area (Å²) in [6.07, 6.45) is 1.21. The van der Waals surface area contributed by atoms with E-state index in [0.29, 0.717) is 19.1 Å². The summed E-state index contributed by atoms with van der Waals surface area (Å²) in [7, 11) is 0. The Morgan fingerprint density at radius 1 is 1.26 bits per heavy atom. The lowest BCUT2D eigenvalue weighted by Gasteiger charge is -2.20. The van der Waals surface area contributed by atoms with Gasteiger partial charge in [-0.15, -0.1) is 0 Å². The molecule has 0 radical (unpaired) electrons. The predicted octanol–water partition coefficient (Wildman–Crippen LogP) is 3.24. The Balaban J connectivity index is 2.18. The second kappa shape index (κ2) is 7.06. The third-order valence-electron chi connectivity index (χ3n) is 3.43. The summed E-state index contributed by atoms with van der Waals surface area (Å²) in [5.41, 5.74) is 7.53. The third kappa shape index (κ3) is 3.57. The van der Waals surface area contributed by atoms with E-state index in [4.69, 9.17) is 15.2 Å². The molecule has 3 nitrogen and oxygen atoms in total. The van der Waals surface area contributed by atoms with Gasteiger partial charge in [-0.05, 0) is 55.4 Å². The molecule has 0 bridgehead atoms. The van der Waals surface area contributed by atoms with Gasteiger partial charge in [-0.25, -0.2) is 0 Å². The Morgan fingerprint density at radius 2 is 2.00 bits per heavy atom. The minimum atomic E-state index is 0.102. The highest BCUT2D eigenvalue weighted by Crippen LogP contribution is 2.36. The largest absolute Gasteiger partial charge is 0.490 e. The van der Waals surface area contributed by atoms with E-state index in [1.165, 1.54) is 17.9 Å². The number of nitrogens with two attached hydrogens (primary N) is 1. The lowest BCUT2D eigenvalue weighted by atomic mass is 9.93. The number of hydrogen-bond acceptors (Lipinski definition) is 4. The monoisotopic (exact) mass is 281 g/mol. The van der Waals surface area contributed by atoms with Gasteiger partial charge in [0.25, 0.3) is 0 Å². The van der Waals surface area contributed by atoms with Crippen LogP contribution < -0.4 is 15.2 Å². The molecular weight excluding hydrogens is 258 g/mol. The van der Waals surface area contributed by atoms with E-state index in [1.807, 2.05) is 37.7 Å². The molecule has 2 atom stereocenters. The summed E-state index contributed by atoms with van der Waals surface area (Å²) in [5.74, 6) is 4.59. The van der Waals surface area contributed by atoms with E-state index in [0.717, 1.165) is 17.1 Å². The number of thioether (sulfide) groups is 1. The van der Waals surface area contributed by atoms with Crippen LogP contribution in [0, 0.1) is 5.92 Å². The van der Waals surface area contributed by atoms with Crippen LogP contribution in [0.4, 0.5) is 0 Å². The fourth-order valence-corrected chi connectivity index (χ4v) is 3.70. The molecule has 2 rings (SSSR count). The summed E-state index contributed by atoms with van der Waals surface area (Å²) in [4.78, 5) is 0. The van der Waals surface area contributed by atoms with Crippen molar-refractivity contribution in [1.82, 2.24) is 0 Å². The molecule has 1 aromatic rings. The fourth-order valence-electron chi connectivity index (χ4n) is 2.38. The quantitative estimate of drug-likeness (QED) is 0.869. The van der Waals surface area contributed by atoms with Crippen molar-refractivity contribution in [3.63, 3.8) is 0 Å². The van der Waals surface area contributed by atoms with Crippen LogP contribution in [-0.4, -0.2) is 24.7 Å². The molecule has 0 spiro atoms. The standard InChI is InChI=1S/C15H23NO2S/c1-3-17-13-6-5-11(9-14(13)18-4-2)15(16)12-7-8-19-10-12/h5-6,9,12,15H,3-4,7-8,10,16H2,1-2H3. The maximum absolute atomic E-state index is 6.38. The average Bonchev–Trinajstić information content (AvgIpc) is 2.94. The van der Waals surface area contributed by atoms with Crippen molar-refractivity contribution in [3.8, 4) is 11.5 Å². The van der Waals surface area contributed by atoms with Crippen molar-refractivity contribution >= 4 is 11.8 Å². The summed E-state index contributed by atoms with van der Waals surface area (Å²) in [6, 6.07) is 6.19. The predicted molar refractivity (Wildman–Crippen MR) is 81.1 cm³/mol. The van der Waals surface area contributed by atoms with Crippen molar-refractivity contribution in [2.75, 3.05) is 24.7 Å². The molecule has 1 aliphatic heterocycles. The van der Waals surface area contributed by atoms with Gasteiger partial charge in [0.05, 0.1) is 13.2 Å². The Kier molecular flexibility index (Phi) is 5.40. The van der Waals surface area contributed by atoms with E-state index in [2.05, 4.69) is 6.07 Å². The van der Waals surface area contributed by atoms with Crippen molar-refractivity contribution in [2.45, 2.75) is 26.3 Å². The zero-order chi connectivity index (χ0) is 13.7. The Hall–Kier alpha value is -0.870. The van der Waals surface area contributed by atoms with Crippen LogP contribution in [0.15, 0.2) is 18.2 Å². The molecule has 0 aliphatic carbocycles. The van der Waals surface area contributed by atoms with Gasteiger partial charge in [-0.3, -0.25) is 0 Å². The molecule has 1 fully saturated rings. The van der Waals surface area contributed by atoms with E-state index in [-0.39, 0.29) is 6.04 Å². The number of benzene rings is 1. The first-order valence-corrected chi connectivity index (χ1v) is 8.14. The Labute approximate surface area is 119 Å². The highest BCUT2D eigenvalue weighted by molar-refractivity contribution is 7.99. The SMILES string of the molecule is CCOc1ccc(C(N)C2CCSC2)cc1OCC. The maximum atomic E-state index is 6.38. The number of ether oxygens (including phenoxy) is 2. The minimum Gasteiger partial charge on any atom is -0.490 e. The van der Waals surface area contributed by atoms with Crippen molar-refractivity contribution in [2.24, 2.45) is 11.7 Å². The van der Waals surface area contributed by atoms with Gasteiger partial charge in [0.15, 0.2) is 11.5 Å². The third-order valence-corrected chi connectivity index (χ3v) is 4.61. The van der Waals surface area contributed by atoms with Crippen LogP contribution in [-0.2, 0) is 0 Å². The first kappa shape index (κ1) is 14.5. The first-order valence-electron chi connectivity index (χ1n) is 6.99. The second-order valence-electron chi connectivity index (χ2n) is 4.72. The van der Waals surface area contributed by atoms with Crippen LogP contribution in [0.2, 0.25) is 0 Å². The van der Waals surface area contributed by atoms with Gasteiger partial charge in [0, 0.05) is 6.04 Å². The van der Waals surface area contributed by atoms with E-state index in [9.17, 15) is 0 Å². The second-order valence-corrected chi connectivity index (χ2v) is 5.87. The molecule has 0 saturated carbocycles.